The first-order chi connectivity index (χ1) is 7.80. The lowest BCUT2D eigenvalue weighted by molar-refractivity contribution is -0.387. The van der Waals surface area contributed by atoms with Crippen LogP contribution in [-0.4, -0.2) is 24.5 Å². The first kappa shape index (κ1) is 14.7. The van der Waals surface area contributed by atoms with Crippen molar-refractivity contribution in [3.8, 4) is 0 Å². The lowest BCUT2D eigenvalue weighted by Crippen LogP contribution is -2.20. The Morgan fingerprint density at radius 2 is 2.12 bits per heavy atom. The second-order valence-electron chi connectivity index (χ2n) is 3.38. The number of rotatable bonds is 4. The van der Waals surface area contributed by atoms with Crippen LogP contribution in [-0.2, 0) is 9.84 Å². The normalized spacial score (nSPS) is 13.4. The second kappa shape index (κ2) is 5.49. The van der Waals surface area contributed by atoms with Crippen molar-refractivity contribution in [2.75, 3.05) is 5.88 Å². The highest BCUT2D eigenvalue weighted by molar-refractivity contribution is 14.1. The van der Waals surface area contributed by atoms with Gasteiger partial charge in [-0.05, 0) is 41.6 Å². The molecule has 1 aromatic rings. The number of hydrogen-bond donors (Lipinski definition) is 0. The molecule has 0 aliphatic heterocycles. The summed E-state index contributed by atoms with van der Waals surface area (Å²) in [7, 11) is -3.76. The molecule has 8 heteroatoms. The Morgan fingerprint density at radius 3 is 2.59 bits per heavy atom. The Balaban J connectivity index is 3.47. The number of halogens is 2. The molecule has 17 heavy (non-hydrogen) atoms. The van der Waals surface area contributed by atoms with Gasteiger partial charge in [-0.25, -0.2) is 8.42 Å². The Kier molecular flexibility index (Phi) is 4.73. The maximum Gasteiger partial charge on any atom is 0.289 e. The Hall–Kier alpha value is -0.410. The molecular weight excluding hydrogens is 381 g/mol. The van der Waals surface area contributed by atoms with Gasteiger partial charge in [0.05, 0.1) is 10.2 Å². The van der Waals surface area contributed by atoms with E-state index in [-0.39, 0.29) is 10.8 Å². The molecule has 0 N–H and O–H groups in total. The quantitative estimate of drug-likeness (QED) is 0.343. The van der Waals surface area contributed by atoms with Gasteiger partial charge in [-0.2, -0.15) is 0 Å². The molecule has 0 aliphatic carbocycles. The number of alkyl halides is 1. The van der Waals surface area contributed by atoms with Crippen molar-refractivity contribution in [2.24, 2.45) is 0 Å². The third-order valence-electron chi connectivity index (χ3n) is 2.17. The van der Waals surface area contributed by atoms with E-state index in [4.69, 9.17) is 11.6 Å². The fraction of sp³-hybridized carbons (Fsp3) is 0.333. The largest absolute Gasteiger partial charge is 0.289 e. The van der Waals surface area contributed by atoms with E-state index >= 15 is 0 Å². The Morgan fingerprint density at radius 1 is 1.53 bits per heavy atom. The average molecular weight is 390 g/mol. The van der Waals surface area contributed by atoms with Crippen LogP contribution in [0.1, 0.15) is 6.92 Å². The highest BCUT2D eigenvalue weighted by Gasteiger charge is 2.30. The number of nitrogens with zero attached hydrogens (tertiary/aromatic N) is 1. The zero-order valence-corrected chi connectivity index (χ0v) is 12.5. The second-order valence-corrected chi connectivity index (χ2v) is 7.27. The van der Waals surface area contributed by atoms with Crippen molar-refractivity contribution in [3.63, 3.8) is 0 Å². The molecule has 0 spiro atoms. The number of nitro groups is 1. The first-order valence-corrected chi connectivity index (χ1v) is 7.70. The Bertz CT molecular complexity index is 546. The van der Waals surface area contributed by atoms with E-state index in [0.29, 0.717) is 3.57 Å². The molecule has 0 fully saturated rings. The van der Waals surface area contributed by atoms with Gasteiger partial charge in [0.1, 0.15) is 4.90 Å². The molecule has 94 valence electrons. The van der Waals surface area contributed by atoms with Crippen LogP contribution in [0.2, 0.25) is 0 Å². The topological polar surface area (TPSA) is 77.3 Å². The Labute approximate surface area is 117 Å². The maximum absolute atomic E-state index is 12.0. The lowest BCUT2D eigenvalue weighted by Gasteiger charge is -2.10. The van der Waals surface area contributed by atoms with Gasteiger partial charge in [0.15, 0.2) is 9.84 Å². The van der Waals surface area contributed by atoms with Gasteiger partial charge in [0, 0.05) is 15.5 Å². The predicted octanol–water partition coefficient (Wildman–Crippen LogP) is 2.60. The van der Waals surface area contributed by atoms with Crippen LogP contribution in [0.15, 0.2) is 23.1 Å². The van der Waals surface area contributed by atoms with Crippen LogP contribution >= 0.6 is 34.2 Å². The summed E-state index contributed by atoms with van der Waals surface area (Å²) in [5, 5.41) is 9.98. The lowest BCUT2D eigenvalue weighted by atomic mass is 10.3. The standard InChI is InChI=1S/C9H9ClINO4S/c1-6(5-10)17(15,16)9-3-2-7(11)4-8(9)12(13)14/h2-4,6H,5H2,1H3. The molecule has 0 bridgehead atoms. The van der Waals surface area contributed by atoms with Crippen molar-refractivity contribution < 1.29 is 13.3 Å². The van der Waals surface area contributed by atoms with Gasteiger partial charge < -0.3 is 0 Å². The molecule has 1 atom stereocenters. The summed E-state index contributed by atoms with van der Waals surface area (Å²) in [5.74, 6) is -0.106. The van der Waals surface area contributed by atoms with Crippen LogP contribution in [0.5, 0.6) is 0 Å². The van der Waals surface area contributed by atoms with E-state index in [0.717, 1.165) is 0 Å². The van der Waals surface area contributed by atoms with Crippen LogP contribution in [0.25, 0.3) is 0 Å². The van der Waals surface area contributed by atoms with Crippen molar-refractivity contribution in [2.45, 2.75) is 17.1 Å². The number of nitro benzene ring substituents is 1. The molecule has 5 nitrogen and oxygen atoms in total. The highest BCUT2D eigenvalue weighted by Crippen LogP contribution is 2.28. The fourth-order valence-corrected chi connectivity index (χ4v) is 3.43. The molecule has 0 heterocycles. The fourth-order valence-electron chi connectivity index (χ4n) is 1.17. The van der Waals surface area contributed by atoms with Gasteiger partial charge in [0.2, 0.25) is 0 Å². The molecule has 1 aromatic carbocycles. The summed E-state index contributed by atoms with van der Waals surface area (Å²) in [6.45, 7) is 1.42. The van der Waals surface area contributed by atoms with Crippen LogP contribution in [0, 0.1) is 13.7 Å². The van der Waals surface area contributed by atoms with Crippen LogP contribution < -0.4 is 0 Å². The summed E-state index contributed by atoms with van der Waals surface area (Å²) in [6.07, 6.45) is 0. The van der Waals surface area contributed by atoms with E-state index in [1.54, 1.807) is 0 Å². The van der Waals surface area contributed by atoms with Crippen molar-refractivity contribution in [3.05, 3.63) is 31.9 Å². The number of hydrogen-bond acceptors (Lipinski definition) is 4. The predicted molar refractivity (Wildman–Crippen MR) is 73.2 cm³/mol. The summed E-state index contributed by atoms with van der Waals surface area (Å²) >= 11 is 7.38. The molecular formula is C9H9ClINO4S. The molecule has 0 amide bonds. The maximum atomic E-state index is 12.0. The van der Waals surface area contributed by atoms with Crippen molar-refractivity contribution >= 4 is 49.7 Å². The SMILES string of the molecule is CC(CCl)S(=O)(=O)c1ccc(I)cc1[N+](=O)[O-]. The summed E-state index contributed by atoms with van der Waals surface area (Å²) in [4.78, 5) is 9.86. The van der Waals surface area contributed by atoms with Gasteiger partial charge in [0.25, 0.3) is 5.69 Å². The van der Waals surface area contributed by atoms with E-state index in [2.05, 4.69) is 0 Å². The summed E-state index contributed by atoms with van der Waals surface area (Å²) in [5.41, 5.74) is -0.408. The van der Waals surface area contributed by atoms with Gasteiger partial charge in [-0.15, -0.1) is 11.6 Å². The minimum atomic E-state index is -3.76. The van der Waals surface area contributed by atoms with E-state index in [1.165, 1.54) is 25.1 Å². The first-order valence-electron chi connectivity index (χ1n) is 4.54. The molecule has 0 saturated carbocycles. The monoisotopic (exact) mass is 389 g/mol. The van der Waals surface area contributed by atoms with Crippen molar-refractivity contribution in [1.29, 1.82) is 0 Å². The van der Waals surface area contributed by atoms with E-state index < -0.39 is 25.7 Å². The third kappa shape index (κ3) is 3.08. The molecule has 0 radical (unpaired) electrons. The van der Waals surface area contributed by atoms with Gasteiger partial charge in [-0.3, -0.25) is 10.1 Å². The van der Waals surface area contributed by atoms with Crippen molar-refractivity contribution in [1.82, 2.24) is 0 Å². The molecule has 0 aromatic heterocycles. The molecule has 1 rings (SSSR count). The minimum absolute atomic E-state index is 0.106. The van der Waals surface area contributed by atoms with Gasteiger partial charge in [-0.1, -0.05) is 0 Å². The third-order valence-corrected chi connectivity index (χ3v) is 5.67. The average Bonchev–Trinajstić information content (AvgIpc) is 2.27. The smallest absolute Gasteiger partial charge is 0.258 e. The minimum Gasteiger partial charge on any atom is -0.258 e. The number of sulfone groups is 1. The molecule has 0 aliphatic rings. The number of benzene rings is 1. The zero-order chi connectivity index (χ0) is 13.2. The van der Waals surface area contributed by atoms with Gasteiger partial charge >= 0.3 is 0 Å². The van der Waals surface area contributed by atoms with Crippen LogP contribution in [0.3, 0.4) is 0 Å². The highest BCUT2D eigenvalue weighted by atomic mass is 127. The summed E-state index contributed by atoms with van der Waals surface area (Å²) < 4.78 is 24.6. The molecule has 1 unspecified atom stereocenters. The van der Waals surface area contributed by atoms with Crippen LogP contribution in [0.4, 0.5) is 5.69 Å². The van der Waals surface area contributed by atoms with E-state index in [9.17, 15) is 18.5 Å². The zero-order valence-electron chi connectivity index (χ0n) is 8.76. The van der Waals surface area contributed by atoms with E-state index in [1.807, 2.05) is 22.6 Å². The summed E-state index contributed by atoms with van der Waals surface area (Å²) in [6, 6.07) is 3.99. The molecule has 0 saturated heterocycles.